The van der Waals surface area contributed by atoms with E-state index in [1.165, 1.54) is 11.6 Å². The summed E-state index contributed by atoms with van der Waals surface area (Å²) in [5.74, 6) is -0.714. The number of halogens is 1. The standard InChI is InChI=1S/C16H18FN3O/c1-2-11-5-3-7-13(9-11)19-10-12-6-4-8-14(15(12)17)16(18)20-21/h3-9,19,21H,2,10H2,1H3,(H2,18,20). The molecule has 4 nitrogen and oxygen atoms in total. The highest BCUT2D eigenvalue weighted by atomic mass is 19.1. The minimum absolute atomic E-state index is 0.0964. The van der Waals surface area contributed by atoms with Crippen molar-refractivity contribution in [1.82, 2.24) is 0 Å². The third-order valence-corrected chi connectivity index (χ3v) is 3.28. The highest BCUT2D eigenvalue weighted by Gasteiger charge is 2.11. The molecule has 0 amide bonds. The molecule has 0 aliphatic carbocycles. The fourth-order valence-corrected chi connectivity index (χ4v) is 2.07. The molecule has 0 atom stereocenters. The predicted octanol–water partition coefficient (Wildman–Crippen LogP) is 3.09. The Bertz CT molecular complexity index is 656. The summed E-state index contributed by atoms with van der Waals surface area (Å²) in [6.07, 6.45) is 0.947. The molecule has 0 unspecified atom stereocenters. The van der Waals surface area contributed by atoms with E-state index in [1.807, 2.05) is 24.3 Å². The molecule has 5 heteroatoms. The van der Waals surface area contributed by atoms with E-state index in [9.17, 15) is 4.39 Å². The quantitative estimate of drug-likeness (QED) is 0.342. The van der Waals surface area contributed by atoms with Gasteiger partial charge in [-0.15, -0.1) is 0 Å². The van der Waals surface area contributed by atoms with Gasteiger partial charge in [-0.1, -0.05) is 36.3 Å². The van der Waals surface area contributed by atoms with Gasteiger partial charge in [-0.25, -0.2) is 4.39 Å². The van der Waals surface area contributed by atoms with Crippen LogP contribution in [0.15, 0.2) is 47.6 Å². The van der Waals surface area contributed by atoms with Crippen molar-refractivity contribution in [2.24, 2.45) is 10.9 Å². The van der Waals surface area contributed by atoms with Gasteiger partial charge in [0.05, 0.1) is 5.56 Å². The lowest BCUT2D eigenvalue weighted by molar-refractivity contribution is 0.318. The maximum atomic E-state index is 14.2. The zero-order chi connectivity index (χ0) is 15.2. The van der Waals surface area contributed by atoms with E-state index >= 15 is 0 Å². The molecule has 0 aliphatic heterocycles. The molecule has 4 N–H and O–H groups in total. The van der Waals surface area contributed by atoms with Crippen LogP contribution in [0.4, 0.5) is 10.1 Å². The largest absolute Gasteiger partial charge is 0.409 e. The summed E-state index contributed by atoms with van der Waals surface area (Å²) in [5.41, 5.74) is 8.15. The number of nitrogens with zero attached hydrogens (tertiary/aromatic N) is 1. The second-order valence-electron chi connectivity index (χ2n) is 4.67. The summed E-state index contributed by atoms with van der Waals surface area (Å²) in [7, 11) is 0. The second kappa shape index (κ2) is 6.74. The minimum Gasteiger partial charge on any atom is -0.409 e. The summed E-state index contributed by atoms with van der Waals surface area (Å²) in [6.45, 7) is 2.41. The van der Waals surface area contributed by atoms with E-state index in [0.717, 1.165) is 12.1 Å². The van der Waals surface area contributed by atoms with Crippen molar-refractivity contribution in [2.75, 3.05) is 5.32 Å². The van der Waals surface area contributed by atoms with Crippen molar-refractivity contribution in [1.29, 1.82) is 0 Å². The monoisotopic (exact) mass is 287 g/mol. The Morgan fingerprint density at radius 2 is 2.05 bits per heavy atom. The van der Waals surface area contributed by atoms with E-state index < -0.39 is 5.82 Å². The van der Waals surface area contributed by atoms with Crippen molar-refractivity contribution in [3.05, 3.63) is 65.0 Å². The molecule has 110 valence electrons. The zero-order valence-corrected chi connectivity index (χ0v) is 11.8. The van der Waals surface area contributed by atoms with Gasteiger partial charge in [-0.2, -0.15) is 0 Å². The van der Waals surface area contributed by atoms with Gasteiger partial charge in [0, 0.05) is 17.8 Å². The van der Waals surface area contributed by atoms with Gasteiger partial charge in [-0.05, 0) is 30.2 Å². The van der Waals surface area contributed by atoms with E-state index in [4.69, 9.17) is 10.9 Å². The zero-order valence-electron chi connectivity index (χ0n) is 11.8. The SMILES string of the molecule is CCc1cccc(NCc2cccc(/C(N)=N/O)c2F)c1. The number of anilines is 1. The number of aryl methyl sites for hydroxylation is 1. The maximum absolute atomic E-state index is 14.2. The average molecular weight is 287 g/mol. The minimum atomic E-state index is -0.480. The topological polar surface area (TPSA) is 70.6 Å². The smallest absolute Gasteiger partial charge is 0.173 e. The van der Waals surface area contributed by atoms with Crippen molar-refractivity contribution >= 4 is 11.5 Å². The number of rotatable bonds is 5. The molecule has 0 saturated carbocycles. The van der Waals surface area contributed by atoms with Crippen molar-refractivity contribution < 1.29 is 9.60 Å². The molecule has 0 fully saturated rings. The van der Waals surface area contributed by atoms with Crippen LogP contribution in [0, 0.1) is 5.82 Å². The molecule has 0 bridgehead atoms. The van der Waals surface area contributed by atoms with Crippen LogP contribution in [0.3, 0.4) is 0 Å². The lowest BCUT2D eigenvalue weighted by atomic mass is 10.1. The number of hydrogen-bond acceptors (Lipinski definition) is 3. The molecule has 0 radical (unpaired) electrons. The highest BCUT2D eigenvalue weighted by molar-refractivity contribution is 5.97. The van der Waals surface area contributed by atoms with Gasteiger partial charge < -0.3 is 16.3 Å². The van der Waals surface area contributed by atoms with Gasteiger partial charge in [0.15, 0.2) is 5.84 Å². The van der Waals surface area contributed by atoms with E-state index in [2.05, 4.69) is 17.4 Å². The van der Waals surface area contributed by atoms with Crippen LogP contribution >= 0.6 is 0 Å². The normalized spacial score (nSPS) is 11.4. The lowest BCUT2D eigenvalue weighted by Crippen LogP contribution is -2.16. The molecule has 0 spiro atoms. The van der Waals surface area contributed by atoms with Crippen LogP contribution in [0.2, 0.25) is 0 Å². The summed E-state index contributed by atoms with van der Waals surface area (Å²) in [4.78, 5) is 0. The molecular weight excluding hydrogens is 269 g/mol. The van der Waals surface area contributed by atoms with Gasteiger partial charge in [0.1, 0.15) is 5.82 Å². The fraction of sp³-hybridized carbons (Fsp3) is 0.188. The van der Waals surface area contributed by atoms with Gasteiger partial charge >= 0.3 is 0 Å². The first-order valence-electron chi connectivity index (χ1n) is 6.73. The van der Waals surface area contributed by atoms with Crippen LogP contribution in [0.1, 0.15) is 23.6 Å². The summed E-state index contributed by atoms with van der Waals surface area (Å²) in [5, 5.41) is 14.7. The summed E-state index contributed by atoms with van der Waals surface area (Å²) < 4.78 is 14.2. The fourth-order valence-electron chi connectivity index (χ4n) is 2.07. The van der Waals surface area contributed by atoms with Gasteiger partial charge in [-0.3, -0.25) is 0 Å². The molecule has 21 heavy (non-hydrogen) atoms. The number of nitrogens with one attached hydrogen (secondary N) is 1. The molecular formula is C16H18FN3O. The first-order valence-corrected chi connectivity index (χ1v) is 6.73. The maximum Gasteiger partial charge on any atom is 0.173 e. The molecule has 0 aromatic heterocycles. The van der Waals surface area contributed by atoms with Crippen molar-refractivity contribution in [2.45, 2.75) is 19.9 Å². The van der Waals surface area contributed by atoms with Crippen LogP contribution < -0.4 is 11.1 Å². The average Bonchev–Trinajstić information content (AvgIpc) is 2.53. The first kappa shape index (κ1) is 14.8. The Morgan fingerprint density at radius 1 is 1.29 bits per heavy atom. The van der Waals surface area contributed by atoms with Crippen LogP contribution in [-0.2, 0) is 13.0 Å². The van der Waals surface area contributed by atoms with Crippen LogP contribution in [-0.4, -0.2) is 11.0 Å². The summed E-state index contributed by atoms with van der Waals surface area (Å²) >= 11 is 0. The summed E-state index contributed by atoms with van der Waals surface area (Å²) in [6, 6.07) is 12.8. The van der Waals surface area contributed by atoms with Gasteiger partial charge in [0.25, 0.3) is 0 Å². The molecule has 2 aromatic carbocycles. The Hall–Kier alpha value is -2.56. The number of benzene rings is 2. The van der Waals surface area contributed by atoms with E-state index in [-0.39, 0.29) is 11.4 Å². The first-order chi connectivity index (χ1) is 10.2. The van der Waals surface area contributed by atoms with Gasteiger partial charge in [0.2, 0.25) is 0 Å². The van der Waals surface area contributed by atoms with E-state index in [0.29, 0.717) is 12.1 Å². The molecule has 0 aliphatic rings. The molecule has 2 rings (SSSR count). The Morgan fingerprint density at radius 3 is 2.76 bits per heavy atom. The van der Waals surface area contributed by atoms with Crippen molar-refractivity contribution in [3.8, 4) is 0 Å². The predicted molar refractivity (Wildman–Crippen MR) is 82.1 cm³/mol. The van der Waals surface area contributed by atoms with Crippen molar-refractivity contribution in [3.63, 3.8) is 0 Å². The number of hydrogen-bond donors (Lipinski definition) is 3. The number of amidine groups is 1. The molecule has 0 saturated heterocycles. The number of oxime groups is 1. The van der Waals surface area contributed by atoms with Crippen LogP contribution in [0.5, 0.6) is 0 Å². The number of nitrogens with two attached hydrogens (primary N) is 1. The Labute approximate surface area is 123 Å². The lowest BCUT2D eigenvalue weighted by Gasteiger charge is -2.10. The molecule has 2 aromatic rings. The van der Waals surface area contributed by atoms with E-state index in [1.54, 1.807) is 12.1 Å². The Balaban J connectivity index is 2.16. The molecule has 0 heterocycles. The third-order valence-electron chi connectivity index (χ3n) is 3.28. The highest BCUT2D eigenvalue weighted by Crippen LogP contribution is 2.16. The Kier molecular flexibility index (Phi) is 4.77. The third kappa shape index (κ3) is 3.51. The van der Waals surface area contributed by atoms with Crippen LogP contribution in [0.25, 0.3) is 0 Å². The second-order valence-corrected chi connectivity index (χ2v) is 4.67.